The third-order valence-electron chi connectivity index (χ3n) is 3.41. The summed E-state index contributed by atoms with van der Waals surface area (Å²) in [6, 6.07) is 14.2. The highest BCUT2D eigenvalue weighted by Crippen LogP contribution is 2.11. The van der Waals surface area contributed by atoms with E-state index in [1.807, 2.05) is 6.07 Å². The first-order chi connectivity index (χ1) is 12.4. The number of nitriles is 1. The molecule has 0 spiro atoms. The van der Waals surface area contributed by atoms with E-state index in [1.165, 1.54) is 29.2 Å². The van der Waals surface area contributed by atoms with E-state index in [9.17, 15) is 14.4 Å². The van der Waals surface area contributed by atoms with Crippen LogP contribution in [0, 0.1) is 11.3 Å². The topological polar surface area (TPSA) is 99.5 Å². The van der Waals surface area contributed by atoms with Crippen LogP contribution in [0.2, 0.25) is 0 Å². The Hall–Kier alpha value is -3.66. The van der Waals surface area contributed by atoms with E-state index in [1.54, 1.807) is 38.4 Å². The minimum atomic E-state index is -0.656. The van der Waals surface area contributed by atoms with Crippen LogP contribution in [-0.4, -0.2) is 43.4 Å². The summed E-state index contributed by atoms with van der Waals surface area (Å²) in [7, 11) is 3.31. The second-order valence-corrected chi connectivity index (χ2v) is 5.59. The zero-order valence-electron chi connectivity index (χ0n) is 14.4. The number of hydrogen-bond donors (Lipinski definition) is 1. The highest BCUT2D eigenvalue weighted by Gasteiger charge is 2.11. The molecule has 0 unspecified atom stereocenters. The largest absolute Gasteiger partial charge is 0.452 e. The van der Waals surface area contributed by atoms with Crippen molar-refractivity contribution in [2.45, 2.75) is 0 Å². The minimum absolute atomic E-state index is 0.140. The number of esters is 1. The molecule has 0 aliphatic rings. The van der Waals surface area contributed by atoms with Gasteiger partial charge in [-0.05, 0) is 48.5 Å². The molecule has 0 saturated carbocycles. The lowest BCUT2D eigenvalue weighted by Gasteiger charge is -2.11. The number of anilines is 1. The number of nitrogens with one attached hydrogen (secondary N) is 1. The molecule has 7 heteroatoms. The monoisotopic (exact) mass is 351 g/mol. The second kappa shape index (κ2) is 8.44. The van der Waals surface area contributed by atoms with Crippen molar-refractivity contribution >= 4 is 23.5 Å². The van der Waals surface area contributed by atoms with Gasteiger partial charge in [0, 0.05) is 25.3 Å². The first-order valence-electron chi connectivity index (χ1n) is 7.69. The number of carbonyl (C=O) groups excluding carboxylic acids is 3. The molecule has 0 atom stereocenters. The van der Waals surface area contributed by atoms with Gasteiger partial charge >= 0.3 is 5.97 Å². The van der Waals surface area contributed by atoms with E-state index in [0.717, 1.165) is 0 Å². The number of benzene rings is 2. The minimum Gasteiger partial charge on any atom is -0.452 e. The average Bonchev–Trinajstić information content (AvgIpc) is 2.66. The van der Waals surface area contributed by atoms with Gasteiger partial charge in [0.2, 0.25) is 0 Å². The molecule has 0 aliphatic carbocycles. The first-order valence-corrected chi connectivity index (χ1v) is 7.69. The normalized spacial score (nSPS) is 9.73. The van der Waals surface area contributed by atoms with Gasteiger partial charge in [0.25, 0.3) is 11.8 Å². The van der Waals surface area contributed by atoms with Crippen LogP contribution in [0.25, 0.3) is 0 Å². The Labute approximate surface area is 150 Å². The highest BCUT2D eigenvalue weighted by atomic mass is 16.5. The Balaban J connectivity index is 1.87. The SMILES string of the molecule is CN(C)C(=O)c1ccc(NC(=O)COC(=O)c2ccc(C#N)cc2)cc1. The van der Waals surface area contributed by atoms with Crippen LogP contribution in [-0.2, 0) is 9.53 Å². The van der Waals surface area contributed by atoms with Gasteiger partial charge in [0.05, 0.1) is 17.2 Å². The van der Waals surface area contributed by atoms with Crippen molar-refractivity contribution < 1.29 is 19.1 Å². The van der Waals surface area contributed by atoms with Gasteiger partial charge < -0.3 is 15.0 Å². The van der Waals surface area contributed by atoms with Crippen molar-refractivity contribution in [1.29, 1.82) is 5.26 Å². The summed E-state index contributed by atoms with van der Waals surface area (Å²) in [5, 5.41) is 11.3. The smallest absolute Gasteiger partial charge is 0.338 e. The molecule has 0 heterocycles. The van der Waals surface area contributed by atoms with Crippen molar-refractivity contribution in [2.24, 2.45) is 0 Å². The number of hydrogen-bond acceptors (Lipinski definition) is 5. The molecule has 2 amide bonds. The van der Waals surface area contributed by atoms with E-state index in [4.69, 9.17) is 10.00 Å². The van der Waals surface area contributed by atoms with E-state index < -0.39 is 18.5 Å². The molecule has 0 radical (unpaired) electrons. The van der Waals surface area contributed by atoms with Gasteiger partial charge in [0.15, 0.2) is 6.61 Å². The Morgan fingerprint density at radius 2 is 1.58 bits per heavy atom. The quantitative estimate of drug-likeness (QED) is 0.831. The summed E-state index contributed by atoms with van der Waals surface area (Å²) >= 11 is 0. The predicted molar refractivity (Wildman–Crippen MR) is 94.5 cm³/mol. The maximum atomic E-state index is 11.9. The first kappa shape index (κ1) is 18.7. The van der Waals surface area contributed by atoms with E-state index in [-0.39, 0.29) is 11.5 Å². The molecule has 0 bridgehead atoms. The van der Waals surface area contributed by atoms with Crippen molar-refractivity contribution in [3.63, 3.8) is 0 Å². The third-order valence-corrected chi connectivity index (χ3v) is 3.41. The highest BCUT2D eigenvalue weighted by molar-refractivity contribution is 5.97. The van der Waals surface area contributed by atoms with E-state index in [0.29, 0.717) is 16.8 Å². The fourth-order valence-electron chi connectivity index (χ4n) is 2.05. The fraction of sp³-hybridized carbons (Fsp3) is 0.158. The van der Waals surface area contributed by atoms with Crippen LogP contribution < -0.4 is 5.32 Å². The zero-order chi connectivity index (χ0) is 19.1. The second-order valence-electron chi connectivity index (χ2n) is 5.59. The molecule has 2 rings (SSSR count). The summed E-state index contributed by atoms with van der Waals surface area (Å²) in [5.41, 5.74) is 1.67. The van der Waals surface area contributed by atoms with Crippen LogP contribution in [0.4, 0.5) is 5.69 Å². The Morgan fingerprint density at radius 1 is 1.00 bits per heavy atom. The zero-order valence-corrected chi connectivity index (χ0v) is 14.4. The number of carbonyl (C=O) groups is 3. The van der Waals surface area contributed by atoms with Crippen LogP contribution >= 0.6 is 0 Å². The van der Waals surface area contributed by atoms with Crippen LogP contribution in [0.3, 0.4) is 0 Å². The Morgan fingerprint density at radius 3 is 2.12 bits per heavy atom. The average molecular weight is 351 g/mol. The molecule has 2 aromatic carbocycles. The predicted octanol–water partition coefficient (Wildman–Crippen LogP) is 2.06. The lowest BCUT2D eigenvalue weighted by Crippen LogP contribution is -2.22. The molecule has 0 aromatic heterocycles. The number of rotatable bonds is 5. The fourth-order valence-corrected chi connectivity index (χ4v) is 2.05. The van der Waals surface area contributed by atoms with Gasteiger partial charge in [-0.25, -0.2) is 4.79 Å². The molecular formula is C19H17N3O4. The number of nitrogens with zero attached hydrogens (tertiary/aromatic N) is 2. The maximum Gasteiger partial charge on any atom is 0.338 e. The lowest BCUT2D eigenvalue weighted by molar-refractivity contribution is -0.119. The van der Waals surface area contributed by atoms with Gasteiger partial charge in [-0.1, -0.05) is 0 Å². The summed E-state index contributed by atoms with van der Waals surface area (Å²) in [6.45, 7) is -0.447. The number of amides is 2. The third kappa shape index (κ3) is 4.92. The summed E-state index contributed by atoms with van der Waals surface area (Å²) in [5.74, 6) is -1.30. The van der Waals surface area contributed by atoms with Crippen molar-refractivity contribution in [1.82, 2.24) is 4.90 Å². The molecule has 7 nitrogen and oxygen atoms in total. The molecule has 132 valence electrons. The van der Waals surface area contributed by atoms with Crippen LogP contribution in [0.15, 0.2) is 48.5 Å². The van der Waals surface area contributed by atoms with Crippen LogP contribution in [0.5, 0.6) is 0 Å². The molecule has 2 aromatic rings. The Kier molecular flexibility index (Phi) is 6.06. The molecule has 0 saturated heterocycles. The van der Waals surface area contributed by atoms with Gasteiger partial charge in [-0.15, -0.1) is 0 Å². The van der Waals surface area contributed by atoms with Gasteiger partial charge in [-0.3, -0.25) is 9.59 Å². The van der Waals surface area contributed by atoms with E-state index >= 15 is 0 Å². The maximum absolute atomic E-state index is 11.9. The molecule has 1 N–H and O–H groups in total. The summed E-state index contributed by atoms with van der Waals surface area (Å²) < 4.78 is 4.93. The molecule has 0 fully saturated rings. The van der Waals surface area contributed by atoms with Gasteiger partial charge in [0.1, 0.15) is 0 Å². The molecular weight excluding hydrogens is 334 g/mol. The van der Waals surface area contributed by atoms with Crippen molar-refractivity contribution in [2.75, 3.05) is 26.0 Å². The Bertz CT molecular complexity index is 850. The van der Waals surface area contributed by atoms with Crippen molar-refractivity contribution in [3.8, 4) is 6.07 Å². The summed E-state index contributed by atoms with van der Waals surface area (Å²) in [4.78, 5) is 37.0. The van der Waals surface area contributed by atoms with Crippen molar-refractivity contribution in [3.05, 3.63) is 65.2 Å². The van der Waals surface area contributed by atoms with Gasteiger partial charge in [-0.2, -0.15) is 5.26 Å². The summed E-state index contributed by atoms with van der Waals surface area (Å²) in [6.07, 6.45) is 0. The lowest BCUT2D eigenvalue weighted by atomic mass is 10.1. The number of ether oxygens (including phenoxy) is 1. The standard InChI is InChI=1S/C19H17N3O4/c1-22(2)18(24)14-7-9-16(10-8-14)21-17(23)12-26-19(25)15-5-3-13(11-20)4-6-15/h3-10H,12H2,1-2H3,(H,21,23). The molecule has 26 heavy (non-hydrogen) atoms. The van der Waals surface area contributed by atoms with Crippen LogP contribution in [0.1, 0.15) is 26.3 Å². The van der Waals surface area contributed by atoms with E-state index in [2.05, 4.69) is 5.32 Å². The molecule has 0 aliphatic heterocycles.